The van der Waals surface area contributed by atoms with Crippen LogP contribution in [0.1, 0.15) is 81.5 Å². The maximum atomic E-state index is 11.1. The van der Waals surface area contributed by atoms with Crippen LogP contribution in [0.15, 0.2) is 84.9 Å². The number of carbonyl (C=O) groups is 1. The Kier molecular flexibility index (Phi) is 7.75. The van der Waals surface area contributed by atoms with Crippen molar-refractivity contribution in [1.29, 1.82) is 0 Å². The topological polar surface area (TPSA) is 75.2 Å². The summed E-state index contributed by atoms with van der Waals surface area (Å²) in [6, 6.07) is 30.0. The Morgan fingerprint density at radius 2 is 1.78 bits per heavy atom. The third-order valence-corrected chi connectivity index (χ3v) is 11.1. The molecule has 7 rings (SSSR count). The van der Waals surface area contributed by atoms with Gasteiger partial charge in [-0.15, -0.1) is 0 Å². The van der Waals surface area contributed by atoms with Gasteiger partial charge in [0.05, 0.1) is 11.0 Å². The van der Waals surface area contributed by atoms with Crippen LogP contribution in [0.3, 0.4) is 0 Å². The van der Waals surface area contributed by atoms with Crippen molar-refractivity contribution in [3.8, 4) is 28.3 Å². The lowest BCUT2D eigenvalue weighted by Gasteiger charge is -2.56. The minimum atomic E-state index is -0.999. The number of aromatic amines is 1. The third kappa shape index (κ3) is 5.40. The summed E-state index contributed by atoms with van der Waals surface area (Å²) in [6.45, 7) is 9.31. The summed E-state index contributed by atoms with van der Waals surface area (Å²) in [7, 11) is 0. The second kappa shape index (κ2) is 11.8. The zero-order valence-electron chi connectivity index (χ0n) is 27.4. The number of imidazole rings is 1. The van der Waals surface area contributed by atoms with Gasteiger partial charge in [-0.05, 0) is 106 Å². The Bertz CT molecular complexity index is 1910. The largest absolute Gasteiger partial charge is 0.482 e. The van der Waals surface area contributed by atoms with Gasteiger partial charge in [-0.1, -0.05) is 101 Å². The summed E-state index contributed by atoms with van der Waals surface area (Å²) in [5.74, 6) is 1.39. The fourth-order valence-corrected chi connectivity index (χ4v) is 8.83. The first-order valence-corrected chi connectivity index (χ1v) is 16.8. The van der Waals surface area contributed by atoms with Gasteiger partial charge in [-0.2, -0.15) is 0 Å². The van der Waals surface area contributed by atoms with Gasteiger partial charge in [0.15, 0.2) is 6.61 Å². The van der Waals surface area contributed by atoms with Crippen LogP contribution >= 0.6 is 0 Å². The summed E-state index contributed by atoms with van der Waals surface area (Å²) in [4.78, 5) is 19.9. The highest BCUT2D eigenvalue weighted by Crippen LogP contribution is 2.59. The lowest BCUT2D eigenvalue weighted by Crippen LogP contribution is -2.50. The number of benzene rings is 4. The minimum absolute atomic E-state index is 0.114. The summed E-state index contributed by atoms with van der Waals surface area (Å²) in [5.41, 5.74) is 11.5. The SMILES string of the molecule is CC(C)c1ccc2c(c1)CC[C@H]1[C@@](C)(Cc3c(-c4ccccc4)ccc4[nH]c(-c5cccc(OCC(=O)O)c5)nc34)CCC[C@]21C. The van der Waals surface area contributed by atoms with E-state index in [2.05, 4.69) is 93.3 Å². The zero-order chi connectivity index (χ0) is 32.1. The van der Waals surface area contributed by atoms with E-state index in [9.17, 15) is 4.79 Å². The van der Waals surface area contributed by atoms with E-state index in [1.807, 2.05) is 18.2 Å². The third-order valence-electron chi connectivity index (χ3n) is 11.1. The molecule has 1 aromatic heterocycles. The Morgan fingerprint density at radius 3 is 2.57 bits per heavy atom. The van der Waals surface area contributed by atoms with Gasteiger partial charge in [-0.3, -0.25) is 0 Å². The van der Waals surface area contributed by atoms with Crippen LogP contribution in [-0.4, -0.2) is 27.7 Å². The molecular formula is C41H44N2O3. The second-order valence-corrected chi connectivity index (χ2v) is 14.4. The molecule has 1 heterocycles. The van der Waals surface area contributed by atoms with Crippen LogP contribution in [0.5, 0.6) is 5.75 Å². The molecule has 0 radical (unpaired) electrons. The number of carboxylic acid groups (broad SMARTS) is 1. The highest BCUT2D eigenvalue weighted by atomic mass is 16.5. The second-order valence-electron chi connectivity index (χ2n) is 14.4. The molecule has 2 aliphatic carbocycles. The Balaban J connectivity index is 1.31. The quantitative estimate of drug-likeness (QED) is 0.183. The molecule has 0 bridgehead atoms. The molecule has 1 saturated carbocycles. The van der Waals surface area contributed by atoms with Crippen molar-refractivity contribution in [2.45, 2.75) is 77.6 Å². The maximum Gasteiger partial charge on any atom is 0.341 e. The highest BCUT2D eigenvalue weighted by Gasteiger charge is 2.51. The summed E-state index contributed by atoms with van der Waals surface area (Å²) >= 11 is 0. The van der Waals surface area contributed by atoms with Gasteiger partial charge in [-0.25, -0.2) is 9.78 Å². The number of hydrogen-bond acceptors (Lipinski definition) is 3. The summed E-state index contributed by atoms with van der Waals surface area (Å²) in [6.07, 6.45) is 6.99. The van der Waals surface area contributed by atoms with Crippen LogP contribution in [0.4, 0.5) is 0 Å². The summed E-state index contributed by atoms with van der Waals surface area (Å²) < 4.78 is 5.48. The van der Waals surface area contributed by atoms with E-state index in [-0.39, 0.29) is 17.4 Å². The molecule has 5 heteroatoms. The van der Waals surface area contributed by atoms with E-state index in [0.29, 0.717) is 17.6 Å². The molecule has 4 aromatic carbocycles. The van der Waals surface area contributed by atoms with Gasteiger partial charge < -0.3 is 14.8 Å². The van der Waals surface area contributed by atoms with E-state index in [0.717, 1.165) is 35.3 Å². The molecule has 2 N–H and O–H groups in total. The number of fused-ring (bicyclic) bond motifs is 4. The monoisotopic (exact) mass is 612 g/mol. The molecule has 0 aliphatic heterocycles. The lowest BCUT2D eigenvalue weighted by molar-refractivity contribution is -0.139. The first-order valence-electron chi connectivity index (χ1n) is 16.8. The minimum Gasteiger partial charge on any atom is -0.482 e. The molecule has 0 unspecified atom stereocenters. The molecule has 0 amide bonds. The van der Waals surface area contributed by atoms with Crippen LogP contribution < -0.4 is 4.74 Å². The van der Waals surface area contributed by atoms with Crippen LogP contribution in [0.25, 0.3) is 33.5 Å². The number of aryl methyl sites for hydroxylation is 1. The molecule has 5 aromatic rings. The van der Waals surface area contributed by atoms with E-state index >= 15 is 0 Å². The molecule has 46 heavy (non-hydrogen) atoms. The number of rotatable bonds is 8. The first-order chi connectivity index (χ1) is 22.1. The zero-order valence-corrected chi connectivity index (χ0v) is 27.4. The van der Waals surface area contributed by atoms with Gasteiger partial charge in [0.2, 0.25) is 0 Å². The number of nitrogens with zero attached hydrogens (tertiary/aromatic N) is 1. The van der Waals surface area contributed by atoms with Crippen molar-refractivity contribution in [3.63, 3.8) is 0 Å². The molecule has 5 nitrogen and oxygen atoms in total. The molecule has 0 saturated heterocycles. The smallest absolute Gasteiger partial charge is 0.341 e. The normalized spacial score (nSPS) is 22.4. The number of H-pyrrole nitrogens is 1. The van der Waals surface area contributed by atoms with Crippen molar-refractivity contribution in [2.24, 2.45) is 11.3 Å². The number of ether oxygens (including phenoxy) is 1. The van der Waals surface area contributed by atoms with Gasteiger partial charge in [0.1, 0.15) is 11.6 Å². The van der Waals surface area contributed by atoms with Crippen LogP contribution in [-0.2, 0) is 23.1 Å². The van der Waals surface area contributed by atoms with Gasteiger partial charge >= 0.3 is 5.97 Å². The van der Waals surface area contributed by atoms with Gasteiger partial charge in [0, 0.05) is 5.56 Å². The fourth-order valence-electron chi connectivity index (χ4n) is 8.83. The lowest BCUT2D eigenvalue weighted by atomic mass is 9.48. The Hall–Kier alpha value is -4.38. The number of nitrogens with one attached hydrogen (secondary N) is 1. The van der Waals surface area contributed by atoms with E-state index < -0.39 is 5.97 Å². The molecule has 3 atom stereocenters. The number of aliphatic carboxylic acids is 1. The van der Waals surface area contributed by atoms with Crippen molar-refractivity contribution in [2.75, 3.05) is 6.61 Å². The Morgan fingerprint density at radius 1 is 0.978 bits per heavy atom. The van der Waals surface area contributed by atoms with Crippen LogP contribution in [0.2, 0.25) is 0 Å². The predicted octanol–water partition coefficient (Wildman–Crippen LogP) is 9.74. The summed E-state index contributed by atoms with van der Waals surface area (Å²) in [5, 5.41) is 9.09. The average Bonchev–Trinajstić information content (AvgIpc) is 3.49. The van der Waals surface area contributed by atoms with Crippen molar-refractivity contribution in [3.05, 3.63) is 107 Å². The van der Waals surface area contributed by atoms with Crippen molar-refractivity contribution >= 4 is 17.0 Å². The molecule has 2 aliphatic rings. The first kappa shape index (κ1) is 30.3. The van der Waals surface area contributed by atoms with E-state index in [4.69, 9.17) is 14.8 Å². The van der Waals surface area contributed by atoms with Crippen molar-refractivity contribution in [1.82, 2.24) is 9.97 Å². The molecule has 236 valence electrons. The van der Waals surface area contributed by atoms with Crippen molar-refractivity contribution < 1.29 is 14.6 Å². The standard InChI is InChI=1S/C41H44N2O3/c1-26(2)28-14-17-34-29(22-28)15-19-36-40(3,20-9-21-41(34,36)4)24-33-32(27-10-6-5-7-11-27)16-18-35-38(33)43-39(42-35)30-12-8-13-31(23-30)46-25-37(44)45/h5-8,10-14,16-18,22-23,26,36H,9,15,19-21,24-25H2,1-4H3,(H,42,43)(H,44,45)/t36-,40+,41+/m0/s1. The maximum absolute atomic E-state index is 11.1. The number of aromatic nitrogens is 2. The van der Waals surface area contributed by atoms with E-state index in [1.54, 1.807) is 17.2 Å². The number of hydrogen-bond donors (Lipinski definition) is 2. The number of carboxylic acids is 1. The average molecular weight is 613 g/mol. The van der Waals surface area contributed by atoms with E-state index in [1.165, 1.54) is 47.9 Å². The highest BCUT2D eigenvalue weighted by molar-refractivity contribution is 5.89. The van der Waals surface area contributed by atoms with Crippen LogP contribution in [0, 0.1) is 11.3 Å². The molecule has 0 spiro atoms. The fraction of sp³-hybridized carbons (Fsp3) is 0.366. The predicted molar refractivity (Wildman–Crippen MR) is 185 cm³/mol. The molecule has 1 fully saturated rings. The molecular weight excluding hydrogens is 568 g/mol. The van der Waals surface area contributed by atoms with Gasteiger partial charge in [0.25, 0.3) is 0 Å². The Labute approximate surface area is 272 Å².